The van der Waals surface area contributed by atoms with Crippen LogP contribution in [0.1, 0.15) is 36.4 Å². The number of rotatable bonds is 8. The van der Waals surface area contributed by atoms with Crippen LogP contribution in [-0.2, 0) is 9.53 Å². The first kappa shape index (κ1) is 23.1. The number of likely N-dealkylation sites (tertiary alicyclic amines) is 1. The molecule has 4 heterocycles. The first-order valence-corrected chi connectivity index (χ1v) is 11.4. The lowest BCUT2D eigenvalue weighted by atomic mass is 9.94. The van der Waals surface area contributed by atoms with Crippen molar-refractivity contribution in [1.82, 2.24) is 24.6 Å². The van der Waals surface area contributed by atoms with Gasteiger partial charge in [-0.05, 0) is 64.3 Å². The normalized spacial score (nSPS) is 16.8. The van der Waals surface area contributed by atoms with Gasteiger partial charge in [-0.15, -0.1) is 0 Å². The molecule has 0 saturated carbocycles. The van der Waals surface area contributed by atoms with E-state index in [9.17, 15) is 4.79 Å². The minimum atomic E-state index is -0.0480. The average molecular weight is 453 g/mol. The van der Waals surface area contributed by atoms with E-state index in [4.69, 9.17) is 9.15 Å². The van der Waals surface area contributed by atoms with Crippen LogP contribution in [0.15, 0.2) is 28.7 Å². The molecule has 0 aromatic carbocycles. The second-order valence-electron chi connectivity index (χ2n) is 8.74. The molecule has 176 valence electrons. The maximum Gasteiger partial charge on any atom is 0.225 e. The van der Waals surface area contributed by atoms with Gasteiger partial charge in [-0.1, -0.05) is 0 Å². The highest BCUT2D eigenvalue weighted by molar-refractivity contribution is 5.90. The Morgan fingerprint density at radius 3 is 2.79 bits per heavy atom. The summed E-state index contributed by atoms with van der Waals surface area (Å²) in [5.41, 5.74) is 1.84. The number of ether oxygens (including phenoxy) is 1. The van der Waals surface area contributed by atoms with Crippen molar-refractivity contribution < 1.29 is 13.9 Å². The number of hydrogen-bond donors (Lipinski definition) is 1. The predicted molar refractivity (Wildman–Crippen MR) is 125 cm³/mol. The summed E-state index contributed by atoms with van der Waals surface area (Å²) in [4.78, 5) is 24.5. The van der Waals surface area contributed by atoms with Crippen molar-refractivity contribution in [2.75, 3.05) is 38.7 Å². The molecule has 9 heteroatoms. The quantitative estimate of drug-likeness (QED) is 0.558. The molecule has 0 spiro atoms. The van der Waals surface area contributed by atoms with Crippen LogP contribution in [0.3, 0.4) is 0 Å². The second-order valence-corrected chi connectivity index (χ2v) is 8.74. The minimum absolute atomic E-state index is 0.0480. The minimum Gasteiger partial charge on any atom is -0.458 e. The third-order valence-electron chi connectivity index (χ3n) is 5.86. The zero-order chi connectivity index (χ0) is 23.4. The Morgan fingerprint density at radius 2 is 2.09 bits per heavy atom. The number of carbonyl (C=O) groups is 1. The molecule has 1 N–H and O–H groups in total. The van der Waals surface area contributed by atoms with E-state index in [-0.39, 0.29) is 5.91 Å². The van der Waals surface area contributed by atoms with Gasteiger partial charge >= 0.3 is 0 Å². The summed E-state index contributed by atoms with van der Waals surface area (Å²) in [6.07, 6.45) is 2.60. The topological polar surface area (TPSA) is 98.3 Å². The van der Waals surface area contributed by atoms with Gasteiger partial charge in [0.1, 0.15) is 11.6 Å². The molecule has 9 nitrogen and oxygen atoms in total. The second kappa shape index (κ2) is 10.3. The van der Waals surface area contributed by atoms with Crippen molar-refractivity contribution in [1.29, 1.82) is 0 Å². The summed E-state index contributed by atoms with van der Waals surface area (Å²) in [5, 5.41) is 7.52. The van der Waals surface area contributed by atoms with Gasteiger partial charge in [0.15, 0.2) is 17.4 Å². The first-order valence-electron chi connectivity index (χ1n) is 11.4. The summed E-state index contributed by atoms with van der Waals surface area (Å²) >= 11 is 0. The van der Waals surface area contributed by atoms with Crippen LogP contribution in [-0.4, -0.2) is 63.9 Å². The smallest absolute Gasteiger partial charge is 0.225 e. The lowest BCUT2D eigenvalue weighted by molar-refractivity contribution is -0.117. The van der Waals surface area contributed by atoms with Crippen molar-refractivity contribution >= 4 is 11.7 Å². The Kier molecular flexibility index (Phi) is 7.20. The van der Waals surface area contributed by atoms with E-state index in [1.165, 1.54) is 0 Å². The van der Waals surface area contributed by atoms with E-state index in [2.05, 4.69) is 25.3 Å². The third kappa shape index (κ3) is 5.85. The highest BCUT2D eigenvalue weighted by Gasteiger charge is 2.23. The van der Waals surface area contributed by atoms with E-state index in [0.717, 1.165) is 49.6 Å². The summed E-state index contributed by atoms with van der Waals surface area (Å²) < 4.78 is 12.7. The van der Waals surface area contributed by atoms with Gasteiger partial charge in [0.2, 0.25) is 5.91 Å². The standard InChI is InChI=1S/C24H32N6O3/c1-16-12-17(2)30(28-16)22-14-21(26-24(27-22)20-8-7-18(3)33-20)25-23(31)13-19-6-5-9-29(15-19)10-11-32-4/h7-8,12,14,19H,5-6,9-11,13,15H2,1-4H3,(H,25,26,27,31)/t19-/m1/s1. The molecule has 33 heavy (non-hydrogen) atoms. The number of furan rings is 1. The van der Waals surface area contributed by atoms with E-state index in [1.807, 2.05) is 39.0 Å². The third-order valence-corrected chi connectivity index (χ3v) is 5.86. The van der Waals surface area contributed by atoms with Gasteiger partial charge in [0.25, 0.3) is 0 Å². The van der Waals surface area contributed by atoms with E-state index >= 15 is 0 Å². The molecule has 1 amide bonds. The largest absolute Gasteiger partial charge is 0.458 e. The predicted octanol–water partition coefficient (Wildman–Crippen LogP) is 3.53. The van der Waals surface area contributed by atoms with Crippen molar-refractivity contribution in [2.45, 2.75) is 40.0 Å². The Balaban J connectivity index is 1.53. The van der Waals surface area contributed by atoms with Crippen molar-refractivity contribution in [3.8, 4) is 17.4 Å². The first-order chi connectivity index (χ1) is 15.9. The van der Waals surface area contributed by atoms with Gasteiger partial charge in [-0.3, -0.25) is 4.79 Å². The molecule has 1 atom stereocenters. The number of aromatic nitrogens is 4. The van der Waals surface area contributed by atoms with Crippen molar-refractivity contribution in [2.24, 2.45) is 5.92 Å². The summed E-state index contributed by atoms with van der Waals surface area (Å²) in [7, 11) is 1.72. The Morgan fingerprint density at radius 1 is 1.24 bits per heavy atom. The van der Waals surface area contributed by atoms with E-state index < -0.39 is 0 Å². The number of anilines is 1. The van der Waals surface area contributed by atoms with Crippen LogP contribution in [0.5, 0.6) is 0 Å². The average Bonchev–Trinajstić information content (AvgIpc) is 3.36. The fraction of sp³-hybridized carbons (Fsp3) is 0.500. The Hall–Kier alpha value is -3.04. The number of carbonyl (C=O) groups excluding carboxylic acids is 1. The summed E-state index contributed by atoms with van der Waals surface area (Å²) in [5.74, 6) is 3.02. The molecule has 3 aromatic heterocycles. The fourth-order valence-corrected chi connectivity index (χ4v) is 4.33. The number of piperidine rings is 1. The zero-order valence-corrected chi connectivity index (χ0v) is 19.8. The fourth-order valence-electron chi connectivity index (χ4n) is 4.33. The SMILES string of the molecule is COCCN1CCC[C@H](CC(=O)Nc2cc(-n3nc(C)cc3C)nc(-c3ccc(C)o3)n2)C1. The molecular weight excluding hydrogens is 420 g/mol. The van der Waals surface area contributed by atoms with Crippen LogP contribution in [0.4, 0.5) is 5.82 Å². The van der Waals surface area contributed by atoms with Gasteiger partial charge in [0.05, 0.1) is 12.3 Å². The highest BCUT2D eigenvalue weighted by atomic mass is 16.5. The molecule has 1 aliphatic heterocycles. The van der Waals surface area contributed by atoms with Gasteiger partial charge in [0, 0.05) is 38.4 Å². The zero-order valence-electron chi connectivity index (χ0n) is 19.8. The van der Waals surface area contributed by atoms with Crippen LogP contribution in [0, 0.1) is 26.7 Å². The molecule has 0 aliphatic carbocycles. The van der Waals surface area contributed by atoms with E-state index in [0.29, 0.717) is 42.2 Å². The van der Waals surface area contributed by atoms with E-state index in [1.54, 1.807) is 17.9 Å². The molecule has 1 saturated heterocycles. The molecule has 0 unspecified atom stereocenters. The van der Waals surface area contributed by atoms with Crippen LogP contribution in [0.2, 0.25) is 0 Å². The van der Waals surface area contributed by atoms with Crippen LogP contribution in [0.25, 0.3) is 17.4 Å². The molecule has 0 bridgehead atoms. The molecule has 0 radical (unpaired) electrons. The number of hydrogen-bond acceptors (Lipinski definition) is 7. The molecule has 4 rings (SSSR count). The Labute approximate surface area is 194 Å². The van der Waals surface area contributed by atoms with Gasteiger partial charge < -0.3 is 19.4 Å². The van der Waals surface area contributed by atoms with Crippen LogP contribution < -0.4 is 5.32 Å². The maximum atomic E-state index is 12.9. The molecule has 1 aliphatic rings. The molecular formula is C24H32N6O3. The van der Waals surface area contributed by atoms with Crippen molar-refractivity contribution in [3.05, 3.63) is 41.4 Å². The lowest BCUT2D eigenvalue weighted by Gasteiger charge is -2.32. The number of methoxy groups -OCH3 is 1. The van der Waals surface area contributed by atoms with Gasteiger partial charge in [-0.2, -0.15) is 5.10 Å². The summed E-state index contributed by atoms with van der Waals surface area (Å²) in [6.45, 7) is 9.36. The molecule has 3 aromatic rings. The van der Waals surface area contributed by atoms with Gasteiger partial charge in [-0.25, -0.2) is 14.6 Å². The monoisotopic (exact) mass is 452 g/mol. The van der Waals surface area contributed by atoms with Crippen LogP contribution >= 0.6 is 0 Å². The number of nitrogens with one attached hydrogen (secondary N) is 1. The number of aryl methyl sites for hydroxylation is 3. The summed E-state index contributed by atoms with van der Waals surface area (Å²) in [6, 6.07) is 7.43. The van der Waals surface area contributed by atoms with Crippen molar-refractivity contribution in [3.63, 3.8) is 0 Å². The molecule has 1 fully saturated rings. The number of nitrogens with zero attached hydrogens (tertiary/aromatic N) is 5. The lowest BCUT2D eigenvalue weighted by Crippen LogP contribution is -2.38. The Bertz CT molecular complexity index is 1110. The number of amides is 1. The maximum absolute atomic E-state index is 12.9. The highest BCUT2D eigenvalue weighted by Crippen LogP contribution is 2.24.